The first kappa shape index (κ1) is 24.2. The maximum atomic E-state index is 12.6. The molecular weight excluding hydrogens is 438 g/mol. The van der Waals surface area contributed by atoms with E-state index >= 15 is 0 Å². The molecule has 0 aliphatic rings. The van der Waals surface area contributed by atoms with E-state index in [1.54, 1.807) is 12.1 Å². The van der Waals surface area contributed by atoms with Crippen molar-refractivity contribution in [2.75, 3.05) is 18.6 Å². The number of amides is 1. The van der Waals surface area contributed by atoms with Gasteiger partial charge in [0.1, 0.15) is 11.9 Å². The smallest absolute Gasteiger partial charge is 0.331 e. The number of methoxy groups -OCH3 is 1. The number of rotatable bonds is 9. The predicted molar refractivity (Wildman–Crippen MR) is 127 cm³/mol. The lowest BCUT2D eigenvalue weighted by atomic mass is 10.0. The first-order valence-corrected chi connectivity index (χ1v) is 10.4. The van der Waals surface area contributed by atoms with E-state index in [0.717, 1.165) is 30.0 Å². The van der Waals surface area contributed by atoms with E-state index in [1.807, 2.05) is 30.3 Å². The van der Waals surface area contributed by atoms with Crippen LogP contribution in [0.25, 0.3) is 10.9 Å². The Morgan fingerprint density at radius 1 is 1.06 bits per heavy atom. The molecule has 0 saturated heterocycles. The number of hydrogen-bond donors (Lipinski definition) is 4. The third-order valence-electron chi connectivity index (χ3n) is 5.27. The second kappa shape index (κ2) is 10.4. The molecule has 10 nitrogen and oxygen atoms in total. The standard InChI is InChI=1S/C24H25N5O5/c1-13(22(31)32)11-19(23(33)34-2)27-21(30)16-8-5-14(6-9-16)3-4-15-7-10-18-17(12-15)20(25)29-24(26)28-18/h5-10,12,19H,1,3-4,11H2,2H3,(H,27,30)(H,31,32)(H4,25,26,28,29). The summed E-state index contributed by atoms with van der Waals surface area (Å²) in [6.45, 7) is 3.40. The molecular formula is C24H25N5O5. The molecule has 3 aromatic rings. The largest absolute Gasteiger partial charge is 0.478 e. The average Bonchev–Trinajstić information content (AvgIpc) is 2.82. The van der Waals surface area contributed by atoms with Crippen LogP contribution in [0.15, 0.2) is 54.6 Å². The van der Waals surface area contributed by atoms with E-state index in [1.165, 1.54) is 0 Å². The van der Waals surface area contributed by atoms with E-state index in [4.69, 9.17) is 16.6 Å². The number of esters is 1. The van der Waals surface area contributed by atoms with Crippen LogP contribution in [0.4, 0.5) is 11.8 Å². The maximum Gasteiger partial charge on any atom is 0.331 e. The molecule has 2 aromatic carbocycles. The summed E-state index contributed by atoms with van der Waals surface area (Å²) in [5.41, 5.74) is 14.4. The Morgan fingerprint density at radius 2 is 1.71 bits per heavy atom. The molecule has 6 N–H and O–H groups in total. The van der Waals surface area contributed by atoms with Crippen molar-refractivity contribution in [3.05, 3.63) is 71.3 Å². The number of aromatic nitrogens is 2. The molecule has 1 aromatic heterocycles. The van der Waals surface area contributed by atoms with Gasteiger partial charge >= 0.3 is 11.9 Å². The fraction of sp³-hybridized carbons (Fsp3) is 0.208. The summed E-state index contributed by atoms with van der Waals surface area (Å²) in [7, 11) is 1.16. The molecule has 1 unspecified atom stereocenters. The zero-order valence-electron chi connectivity index (χ0n) is 18.6. The van der Waals surface area contributed by atoms with E-state index in [9.17, 15) is 14.4 Å². The van der Waals surface area contributed by atoms with Gasteiger partial charge < -0.3 is 26.6 Å². The predicted octanol–water partition coefficient (Wildman–Crippen LogP) is 1.88. The number of nitrogens with zero attached hydrogens (tertiary/aromatic N) is 2. The summed E-state index contributed by atoms with van der Waals surface area (Å²) < 4.78 is 4.65. The molecule has 34 heavy (non-hydrogen) atoms. The van der Waals surface area contributed by atoms with Crippen LogP contribution in [-0.2, 0) is 27.2 Å². The first-order valence-electron chi connectivity index (χ1n) is 10.4. The molecule has 1 heterocycles. The number of fused-ring (bicyclic) bond motifs is 1. The van der Waals surface area contributed by atoms with Gasteiger partial charge in [-0.25, -0.2) is 14.6 Å². The minimum atomic E-state index is -1.25. The maximum absolute atomic E-state index is 12.6. The van der Waals surface area contributed by atoms with E-state index in [-0.39, 0.29) is 17.9 Å². The van der Waals surface area contributed by atoms with Crippen LogP contribution < -0.4 is 16.8 Å². The van der Waals surface area contributed by atoms with E-state index in [2.05, 4.69) is 26.6 Å². The summed E-state index contributed by atoms with van der Waals surface area (Å²) in [5, 5.41) is 12.2. The number of nitrogen functional groups attached to an aromatic ring is 2. The topological polar surface area (TPSA) is 171 Å². The van der Waals surface area contributed by atoms with Crippen molar-refractivity contribution in [3.63, 3.8) is 0 Å². The molecule has 0 saturated carbocycles. The van der Waals surface area contributed by atoms with Gasteiger partial charge in [0, 0.05) is 22.9 Å². The molecule has 1 amide bonds. The Morgan fingerprint density at radius 3 is 2.35 bits per heavy atom. The average molecular weight is 463 g/mol. The molecule has 0 spiro atoms. The van der Waals surface area contributed by atoms with Crippen LogP contribution in [0.2, 0.25) is 0 Å². The lowest BCUT2D eigenvalue weighted by Crippen LogP contribution is -2.42. The number of nitrogens with two attached hydrogens (primary N) is 2. The summed E-state index contributed by atoms with van der Waals surface area (Å²) in [4.78, 5) is 43.7. The molecule has 1 atom stereocenters. The Hall–Kier alpha value is -4.47. The first-order chi connectivity index (χ1) is 16.2. The molecule has 176 valence electrons. The number of carboxylic acid groups (broad SMARTS) is 1. The molecule has 0 radical (unpaired) electrons. The molecule has 0 bridgehead atoms. The minimum absolute atomic E-state index is 0.131. The van der Waals surface area contributed by atoms with Gasteiger partial charge in [0.25, 0.3) is 5.91 Å². The van der Waals surface area contributed by atoms with Crippen molar-refractivity contribution in [1.82, 2.24) is 15.3 Å². The highest BCUT2D eigenvalue weighted by Gasteiger charge is 2.25. The normalized spacial score (nSPS) is 11.6. The van der Waals surface area contributed by atoms with E-state index < -0.39 is 23.9 Å². The van der Waals surface area contributed by atoms with Gasteiger partial charge in [-0.05, 0) is 48.2 Å². The van der Waals surface area contributed by atoms with Crippen LogP contribution in [0.5, 0.6) is 0 Å². The van der Waals surface area contributed by atoms with Crippen molar-refractivity contribution in [2.45, 2.75) is 25.3 Å². The number of hydrogen-bond acceptors (Lipinski definition) is 8. The Kier molecular flexibility index (Phi) is 7.42. The minimum Gasteiger partial charge on any atom is -0.478 e. The van der Waals surface area contributed by atoms with Crippen LogP contribution in [0.3, 0.4) is 0 Å². The van der Waals surface area contributed by atoms with Gasteiger partial charge in [0.15, 0.2) is 0 Å². The number of aliphatic carboxylic acids is 1. The summed E-state index contributed by atoms with van der Waals surface area (Å²) in [6, 6.07) is 11.5. The highest BCUT2D eigenvalue weighted by molar-refractivity contribution is 5.97. The molecule has 0 fully saturated rings. The Labute approximate surface area is 195 Å². The second-order valence-corrected chi connectivity index (χ2v) is 7.68. The summed E-state index contributed by atoms with van der Waals surface area (Å²) in [6.07, 6.45) is 1.18. The van der Waals surface area contributed by atoms with Crippen molar-refractivity contribution in [2.24, 2.45) is 0 Å². The highest BCUT2D eigenvalue weighted by atomic mass is 16.5. The molecule has 10 heteroatoms. The fourth-order valence-electron chi connectivity index (χ4n) is 3.40. The number of carbonyl (C=O) groups excluding carboxylic acids is 2. The van der Waals surface area contributed by atoms with Crippen molar-refractivity contribution < 1.29 is 24.2 Å². The summed E-state index contributed by atoms with van der Waals surface area (Å²) in [5.74, 6) is -2.07. The number of carbonyl (C=O) groups is 3. The zero-order valence-corrected chi connectivity index (χ0v) is 18.6. The van der Waals surface area contributed by atoms with Crippen molar-refractivity contribution in [1.29, 1.82) is 0 Å². The third-order valence-corrected chi connectivity index (χ3v) is 5.27. The zero-order chi connectivity index (χ0) is 24.8. The quantitative estimate of drug-likeness (QED) is 0.273. The number of anilines is 2. The number of benzene rings is 2. The SMILES string of the molecule is C=C(CC(NC(=O)c1ccc(CCc2ccc3nc(N)nc(N)c3c2)cc1)C(=O)OC)C(=O)O. The number of carboxylic acids is 1. The third kappa shape index (κ3) is 5.85. The molecule has 3 rings (SSSR count). The summed E-state index contributed by atoms with van der Waals surface area (Å²) >= 11 is 0. The number of nitrogens with one attached hydrogen (secondary N) is 1. The Bertz CT molecular complexity index is 1260. The number of ether oxygens (including phenoxy) is 1. The van der Waals surface area contributed by atoms with Gasteiger partial charge in [-0.2, -0.15) is 4.98 Å². The van der Waals surface area contributed by atoms with Gasteiger partial charge in [-0.1, -0.05) is 24.8 Å². The molecule has 0 aliphatic carbocycles. The van der Waals surface area contributed by atoms with Crippen LogP contribution >= 0.6 is 0 Å². The van der Waals surface area contributed by atoms with Crippen LogP contribution in [-0.4, -0.2) is 46.1 Å². The van der Waals surface area contributed by atoms with E-state index in [0.29, 0.717) is 23.3 Å². The Balaban J connectivity index is 1.64. The lowest BCUT2D eigenvalue weighted by Gasteiger charge is -2.16. The lowest BCUT2D eigenvalue weighted by molar-refractivity contribution is -0.142. The van der Waals surface area contributed by atoms with Gasteiger partial charge in [0.2, 0.25) is 5.95 Å². The van der Waals surface area contributed by atoms with Crippen LogP contribution in [0.1, 0.15) is 27.9 Å². The van der Waals surface area contributed by atoms with Crippen molar-refractivity contribution >= 4 is 40.5 Å². The fourth-order valence-corrected chi connectivity index (χ4v) is 3.40. The number of aryl methyl sites for hydroxylation is 2. The second-order valence-electron chi connectivity index (χ2n) is 7.68. The monoisotopic (exact) mass is 463 g/mol. The highest BCUT2D eigenvalue weighted by Crippen LogP contribution is 2.21. The van der Waals surface area contributed by atoms with Gasteiger partial charge in [-0.15, -0.1) is 0 Å². The molecule has 0 aliphatic heterocycles. The van der Waals surface area contributed by atoms with Crippen molar-refractivity contribution in [3.8, 4) is 0 Å². The van der Waals surface area contributed by atoms with Gasteiger partial charge in [-0.3, -0.25) is 4.79 Å². The van der Waals surface area contributed by atoms with Gasteiger partial charge in [0.05, 0.1) is 12.6 Å². The van der Waals surface area contributed by atoms with Crippen LogP contribution in [0, 0.1) is 0 Å².